The molecular formula is C40H64O4. The third kappa shape index (κ3) is 11.4. The molecule has 0 amide bonds. The first-order valence-electron chi connectivity index (χ1n) is 16.2. The van der Waals surface area contributed by atoms with Crippen LogP contribution in [0.15, 0.2) is 54.6 Å². The van der Waals surface area contributed by atoms with E-state index >= 15 is 0 Å². The molecule has 3 heterocycles. The summed E-state index contributed by atoms with van der Waals surface area (Å²) >= 11 is 0. The molecule has 0 atom stereocenters. The highest BCUT2D eigenvalue weighted by Gasteiger charge is 2.31. The second-order valence-corrected chi connectivity index (χ2v) is 12.2. The number of hydrogen-bond donors (Lipinski definition) is 0. The molecular weight excluding hydrogens is 544 g/mol. The molecule has 0 aromatic heterocycles. The maximum atomic E-state index is 5.83. The lowest BCUT2D eigenvalue weighted by atomic mass is 9.98. The Morgan fingerprint density at radius 3 is 1.50 bits per heavy atom. The van der Waals surface area contributed by atoms with Crippen molar-refractivity contribution in [3.8, 4) is 23.0 Å². The van der Waals surface area contributed by atoms with E-state index < -0.39 is 0 Å². The van der Waals surface area contributed by atoms with Crippen LogP contribution < -0.4 is 18.9 Å². The Hall–Kier alpha value is -3.14. The van der Waals surface area contributed by atoms with Gasteiger partial charge >= 0.3 is 0 Å². The van der Waals surface area contributed by atoms with Crippen LogP contribution in [0, 0.1) is 20.8 Å². The second kappa shape index (κ2) is 18.0. The Balaban J connectivity index is 0.000000574. The minimum absolute atomic E-state index is 0. The summed E-state index contributed by atoms with van der Waals surface area (Å²) in [5, 5.41) is 0. The van der Waals surface area contributed by atoms with Gasteiger partial charge < -0.3 is 18.9 Å². The maximum absolute atomic E-state index is 5.83. The molecule has 4 heteroatoms. The summed E-state index contributed by atoms with van der Waals surface area (Å²) in [4.78, 5) is 0. The fraction of sp³-hybridized carbons (Fsp3) is 0.550. The van der Waals surface area contributed by atoms with Crippen LogP contribution in [-0.4, -0.2) is 23.4 Å². The molecule has 4 nitrogen and oxygen atoms in total. The van der Waals surface area contributed by atoms with Gasteiger partial charge in [-0.15, -0.1) is 0 Å². The summed E-state index contributed by atoms with van der Waals surface area (Å²) < 4.78 is 23.0. The van der Waals surface area contributed by atoms with Gasteiger partial charge in [0.2, 0.25) is 0 Å². The average Bonchev–Trinajstić information content (AvgIpc) is 3.48. The van der Waals surface area contributed by atoms with Crippen molar-refractivity contribution in [1.82, 2.24) is 0 Å². The van der Waals surface area contributed by atoms with Gasteiger partial charge in [0.15, 0.2) is 11.5 Å². The van der Waals surface area contributed by atoms with Crippen LogP contribution in [0.1, 0.15) is 118 Å². The van der Waals surface area contributed by atoms with E-state index in [1.54, 1.807) is 0 Å². The van der Waals surface area contributed by atoms with Crippen molar-refractivity contribution in [2.45, 2.75) is 141 Å². The minimum Gasteiger partial charge on any atom is -0.487 e. The summed E-state index contributed by atoms with van der Waals surface area (Å²) in [5.74, 6) is 3.92. The number of benzene rings is 3. The summed E-state index contributed by atoms with van der Waals surface area (Å²) in [7, 11) is 0. The normalized spacial score (nSPS) is 16.0. The zero-order chi connectivity index (χ0) is 33.0. The monoisotopic (exact) mass is 608 g/mol. The van der Waals surface area contributed by atoms with E-state index in [4.69, 9.17) is 18.9 Å². The lowest BCUT2D eigenvalue weighted by molar-refractivity contribution is 0.0205. The van der Waals surface area contributed by atoms with Crippen molar-refractivity contribution in [2.24, 2.45) is 0 Å². The number of para-hydroxylation sites is 2. The van der Waals surface area contributed by atoms with Crippen LogP contribution in [0.5, 0.6) is 23.0 Å². The van der Waals surface area contributed by atoms with E-state index in [0.717, 1.165) is 41.4 Å². The molecule has 44 heavy (non-hydrogen) atoms. The predicted octanol–water partition coefficient (Wildman–Crippen LogP) is 11.7. The van der Waals surface area contributed by atoms with Gasteiger partial charge in [0.25, 0.3) is 0 Å². The van der Waals surface area contributed by atoms with E-state index in [0.29, 0.717) is 6.61 Å². The predicted molar refractivity (Wildman–Crippen MR) is 191 cm³/mol. The van der Waals surface area contributed by atoms with Crippen LogP contribution >= 0.6 is 0 Å². The Bertz CT molecular complexity index is 1200. The van der Waals surface area contributed by atoms with Gasteiger partial charge in [0.1, 0.15) is 34.9 Å². The molecule has 6 rings (SSSR count). The Kier molecular flexibility index (Phi) is 16.7. The number of ether oxygens (including phenoxy) is 4. The molecule has 0 aliphatic carbocycles. The molecule has 0 radical (unpaired) electrons. The summed E-state index contributed by atoms with van der Waals surface area (Å²) in [5.41, 5.74) is 6.23. The van der Waals surface area contributed by atoms with Gasteiger partial charge in [-0.25, -0.2) is 0 Å². The first-order valence-corrected chi connectivity index (χ1v) is 16.2. The van der Waals surface area contributed by atoms with E-state index in [9.17, 15) is 0 Å². The molecule has 3 aliphatic heterocycles. The van der Waals surface area contributed by atoms with Crippen molar-refractivity contribution < 1.29 is 18.9 Å². The average molecular weight is 609 g/mol. The maximum Gasteiger partial charge on any atom is 0.165 e. The molecule has 3 aromatic carbocycles. The first kappa shape index (κ1) is 40.9. The lowest BCUT2D eigenvalue weighted by Crippen LogP contribution is -2.38. The van der Waals surface area contributed by atoms with E-state index in [2.05, 4.69) is 77.9 Å². The Morgan fingerprint density at radius 2 is 0.955 bits per heavy atom. The van der Waals surface area contributed by atoms with Gasteiger partial charge in [0.05, 0.1) is 0 Å². The van der Waals surface area contributed by atoms with Crippen LogP contribution in [0.2, 0.25) is 0 Å². The van der Waals surface area contributed by atoms with Crippen molar-refractivity contribution in [2.75, 3.05) is 6.61 Å². The molecule has 0 fully saturated rings. The third-order valence-electron chi connectivity index (χ3n) is 6.77. The number of fused-ring (bicyclic) bond motifs is 3. The van der Waals surface area contributed by atoms with Crippen LogP contribution in [0.3, 0.4) is 0 Å². The van der Waals surface area contributed by atoms with E-state index in [1.165, 1.54) is 22.3 Å². The van der Waals surface area contributed by atoms with Gasteiger partial charge in [-0.05, 0) is 96.7 Å². The standard InChI is InChI=1S/C11H14O2.2C11H14O.3C2H6.CH4/c1-8-5-4-6-9-10(8)13-11(2,3)7-12-9;1-8-5-4-6-10-9(8)7-11(2,3)12-10;1-8-5-4-6-9-7-11(2,3)12-10(8)9;3*1-2;/h4-6H,7H2,1-3H3;2*4-6H,7H2,1-3H3;3*1-2H3;1H4. The number of aryl methyl sites for hydroxylation is 3. The van der Waals surface area contributed by atoms with Gasteiger partial charge in [0, 0.05) is 18.4 Å². The van der Waals surface area contributed by atoms with Crippen LogP contribution in [-0.2, 0) is 12.8 Å². The topological polar surface area (TPSA) is 36.9 Å². The highest BCUT2D eigenvalue weighted by atomic mass is 16.6. The first-order chi connectivity index (χ1) is 20.3. The molecule has 0 saturated heterocycles. The Morgan fingerprint density at radius 1 is 0.500 bits per heavy atom. The summed E-state index contributed by atoms with van der Waals surface area (Å²) in [6, 6.07) is 18.5. The van der Waals surface area contributed by atoms with Crippen LogP contribution in [0.4, 0.5) is 0 Å². The number of rotatable bonds is 0. The summed E-state index contributed by atoms with van der Waals surface area (Å²) in [6.45, 7) is 31.5. The van der Waals surface area contributed by atoms with Crippen molar-refractivity contribution in [3.05, 3.63) is 82.4 Å². The molecule has 3 aliphatic rings. The van der Waals surface area contributed by atoms with Gasteiger partial charge in [-0.2, -0.15) is 0 Å². The zero-order valence-electron chi connectivity index (χ0n) is 30.0. The highest BCUT2D eigenvalue weighted by molar-refractivity contribution is 5.47. The van der Waals surface area contributed by atoms with Crippen molar-refractivity contribution in [1.29, 1.82) is 0 Å². The molecule has 0 N–H and O–H groups in total. The van der Waals surface area contributed by atoms with E-state index in [-0.39, 0.29) is 24.2 Å². The molecule has 0 saturated carbocycles. The fourth-order valence-corrected chi connectivity index (χ4v) is 4.95. The quantitative estimate of drug-likeness (QED) is 0.254. The minimum atomic E-state index is -0.209. The largest absolute Gasteiger partial charge is 0.487 e. The number of hydrogen-bond acceptors (Lipinski definition) is 4. The van der Waals surface area contributed by atoms with E-state index in [1.807, 2.05) is 80.5 Å². The molecule has 3 aromatic rings. The smallest absolute Gasteiger partial charge is 0.165 e. The van der Waals surface area contributed by atoms with Gasteiger partial charge in [-0.1, -0.05) is 91.4 Å². The van der Waals surface area contributed by atoms with Gasteiger partial charge in [-0.3, -0.25) is 0 Å². The molecule has 248 valence electrons. The third-order valence-corrected chi connectivity index (χ3v) is 6.77. The Labute approximate surface area is 271 Å². The highest BCUT2D eigenvalue weighted by Crippen LogP contribution is 2.38. The zero-order valence-corrected chi connectivity index (χ0v) is 30.0. The van der Waals surface area contributed by atoms with Crippen LogP contribution in [0.25, 0.3) is 0 Å². The second-order valence-electron chi connectivity index (χ2n) is 12.2. The molecule has 0 unspecified atom stereocenters. The van der Waals surface area contributed by atoms with Crippen molar-refractivity contribution in [3.63, 3.8) is 0 Å². The fourth-order valence-electron chi connectivity index (χ4n) is 4.95. The SMILES string of the molecule is C.CC.CC.CC.Cc1cccc2c1CC(C)(C)O2.Cc1cccc2c1OC(C)(C)C2.Cc1cccc2c1OC(C)(C)CO2. The van der Waals surface area contributed by atoms with Crippen molar-refractivity contribution >= 4 is 0 Å². The lowest BCUT2D eigenvalue weighted by Gasteiger charge is -2.33. The molecule has 0 spiro atoms. The molecule has 0 bridgehead atoms. The summed E-state index contributed by atoms with van der Waals surface area (Å²) in [6.07, 6.45) is 2.07.